The van der Waals surface area contributed by atoms with Crippen molar-refractivity contribution < 1.29 is 4.79 Å². The van der Waals surface area contributed by atoms with E-state index in [9.17, 15) is 4.79 Å². The Morgan fingerprint density at radius 2 is 1.25 bits per heavy atom. The van der Waals surface area contributed by atoms with Crippen LogP contribution in [-0.2, 0) is 6.42 Å². The minimum atomic E-state index is -0.597. The van der Waals surface area contributed by atoms with Crippen LogP contribution in [0.3, 0.4) is 0 Å². The Hall–Kier alpha value is -2.04. The second-order valence-electron chi connectivity index (χ2n) is 6.49. The van der Waals surface area contributed by atoms with Gasteiger partial charge in [-0.25, -0.2) is 0 Å². The fourth-order valence-corrected chi connectivity index (χ4v) is 3.35. The Kier molecular flexibility index (Phi) is 6.97. The summed E-state index contributed by atoms with van der Waals surface area (Å²) in [5, 5.41) is 4.79. The van der Waals surface area contributed by atoms with E-state index in [0.29, 0.717) is 27.1 Å². The van der Waals surface area contributed by atoms with Crippen LogP contribution < -0.4 is 11.1 Å². The van der Waals surface area contributed by atoms with Gasteiger partial charge in [-0.3, -0.25) is 4.79 Å². The lowest BCUT2D eigenvalue weighted by Crippen LogP contribution is -2.46. The van der Waals surface area contributed by atoms with E-state index in [4.69, 9.17) is 40.5 Å². The number of hydrogen-bond acceptors (Lipinski definition) is 2. The van der Waals surface area contributed by atoms with Gasteiger partial charge in [0.15, 0.2) is 0 Å². The second-order valence-corrected chi connectivity index (χ2v) is 7.80. The van der Waals surface area contributed by atoms with Crippen LogP contribution in [0.5, 0.6) is 0 Å². The number of nitrogens with two attached hydrogens (primary N) is 1. The molecule has 0 heterocycles. The molecule has 0 saturated carbocycles. The Labute approximate surface area is 179 Å². The number of nitrogens with one attached hydrogen (secondary N) is 1. The predicted octanol–water partition coefficient (Wildman–Crippen LogP) is 5.69. The molecule has 3 rings (SSSR count). The SMILES string of the molecule is NC(NC(=O)c1ccc(Cl)cc1)[C@H](Cc1ccc(Cl)cc1)c1ccc(Cl)cc1. The minimum absolute atomic E-state index is 0.144. The third-order valence-corrected chi connectivity index (χ3v) is 5.26. The zero-order valence-electron chi connectivity index (χ0n) is 14.9. The van der Waals surface area contributed by atoms with Crippen molar-refractivity contribution in [2.24, 2.45) is 5.73 Å². The first-order valence-corrected chi connectivity index (χ1v) is 9.87. The van der Waals surface area contributed by atoms with Gasteiger partial charge in [0.05, 0.1) is 6.17 Å². The number of hydrogen-bond donors (Lipinski definition) is 2. The lowest BCUT2D eigenvalue weighted by atomic mass is 9.89. The summed E-state index contributed by atoms with van der Waals surface area (Å²) >= 11 is 17.9. The maximum Gasteiger partial charge on any atom is 0.252 e. The maximum atomic E-state index is 12.6. The second kappa shape index (κ2) is 9.44. The highest BCUT2D eigenvalue weighted by molar-refractivity contribution is 6.31. The Morgan fingerprint density at radius 1 is 0.786 bits per heavy atom. The van der Waals surface area contributed by atoms with E-state index in [-0.39, 0.29) is 11.8 Å². The highest BCUT2D eigenvalue weighted by Gasteiger charge is 2.23. The monoisotopic (exact) mass is 432 g/mol. The van der Waals surface area contributed by atoms with Crippen LogP contribution in [0.2, 0.25) is 15.1 Å². The Balaban J connectivity index is 1.82. The first-order valence-electron chi connectivity index (χ1n) is 8.74. The van der Waals surface area contributed by atoms with Crippen molar-refractivity contribution in [2.45, 2.75) is 18.5 Å². The first kappa shape index (κ1) is 20.7. The topological polar surface area (TPSA) is 55.1 Å². The molecule has 0 radical (unpaired) electrons. The first-order chi connectivity index (χ1) is 13.4. The van der Waals surface area contributed by atoms with Crippen LogP contribution in [0.4, 0.5) is 0 Å². The molecule has 144 valence electrons. The van der Waals surface area contributed by atoms with E-state index in [1.807, 2.05) is 48.5 Å². The van der Waals surface area contributed by atoms with Crippen LogP contribution in [0.25, 0.3) is 0 Å². The molecule has 0 saturated heterocycles. The summed E-state index contributed by atoms with van der Waals surface area (Å²) in [5.41, 5.74) is 8.98. The van der Waals surface area contributed by atoms with E-state index in [0.717, 1.165) is 11.1 Å². The van der Waals surface area contributed by atoms with Crippen molar-refractivity contribution in [3.05, 3.63) is 105 Å². The van der Waals surface area contributed by atoms with E-state index in [1.54, 1.807) is 24.3 Å². The lowest BCUT2D eigenvalue weighted by molar-refractivity contribution is 0.0932. The molecule has 2 atom stereocenters. The Morgan fingerprint density at radius 3 is 1.79 bits per heavy atom. The molecule has 0 aromatic heterocycles. The van der Waals surface area contributed by atoms with Gasteiger partial charge in [-0.2, -0.15) is 0 Å². The smallest absolute Gasteiger partial charge is 0.252 e. The van der Waals surface area contributed by atoms with E-state index >= 15 is 0 Å². The summed E-state index contributed by atoms with van der Waals surface area (Å²) in [7, 11) is 0. The third-order valence-electron chi connectivity index (χ3n) is 4.50. The van der Waals surface area contributed by atoms with E-state index in [1.165, 1.54) is 0 Å². The van der Waals surface area contributed by atoms with Gasteiger partial charge in [0, 0.05) is 26.5 Å². The number of carbonyl (C=O) groups excluding carboxylic acids is 1. The van der Waals surface area contributed by atoms with Crippen molar-refractivity contribution >= 4 is 40.7 Å². The van der Waals surface area contributed by atoms with Crippen LogP contribution in [-0.4, -0.2) is 12.1 Å². The van der Waals surface area contributed by atoms with Gasteiger partial charge in [-0.15, -0.1) is 0 Å². The van der Waals surface area contributed by atoms with Crippen LogP contribution in [0.1, 0.15) is 27.4 Å². The average Bonchev–Trinajstić information content (AvgIpc) is 2.68. The lowest BCUT2D eigenvalue weighted by Gasteiger charge is -2.26. The number of halogens is 3. The van der Waals surface area contributed by atoms with Crippen molar-refractivity contribution in [1.82, 2.24) is 5.32 Å². The van der Waals surface area contributed by atoms with Crippen LogP contribution in [0.15, 0.2) is 72.8 Å². The fourth-order valence-electron chi connectivity index (χ4n) is 2.97. The van der Waals surface area contributed by atoms with E-state index < -0.39 is 6.17 Å². The largest absolute Gasteiger partial charge is 0.336 e. The minimum Gasteiger partial charge on any atom is -0.336 e. The summed E-state index contributed by atoms with van der Waals surface area (Å²) in [6.45, 7) is 0. The molecule has 0 aliphatic carbocycles. The van der Waals surface area contributed by atoms with Gasteiger partial charge < -0.3 is 11.1 Å². The summed E-state index contributed by atoms with van der Waals surface area (Å²) in [6, 6.07) is 21.8. The number of amides is 1. The zero-order chi connectivity index (χ0) is 20.1. The zero-order valence-corrected chi connectivity index (χ0v) is 17.2. The summed E-state index contributed by atoms with van der Waals surface area (Å²) in [4.78, 5) is 12.6. The fraction of sp³-hybridized carbons (Fsp3) is 0.136. The average molecular weight is 434 g/mol. The molecule has 0 bridgehead atoms. The standard InChI is InChI=1S/C22H19Cl3N2O/c23-17-7-1-14(2-8-17)13-20(15-3-9-18(24)10-4-15)21(26)27-22(28)16-5-11-19(25)12-6-16/h1-12,20-21H,13,26H2,(H,27,28)/t20-,21?/m1/s1. The molecule has 1 amide bonds. The van der Waals surface area contributed by atoms with Gasteiger partial charge in [0.1, 0.15) is 0 Å². The molecule has 3 aromatic carbocycles. The third kappa shape index (κ3) is 5.49. The predicted molar refractivity (Wildman–Crippen MR) is 116 cm³/mol. The highest BCUT2D eigenvalue weighted by atomic mass is 35.5. The molecule has 3 aromatic rings. The Bertz CT molecular complexity index is 926. The molecular formula is C22H19Cl3N2O. The van der Waals surface area contributed by atoms with Crippen molar-refractivity contribution in [3.8, 4) is 0 Å². The van der Waals surface area contributed by atoms with Crippen molar-refractivity contribution in [3.63, 3.8) is 0 Å². The molecule has 0 fully saturated rings. The molecule has 0 spiro atoms. The summed E-state index contributed by atoms with van der Waals surface area (Å²) in [6.07, 6.45) is 0.0426. The van der Waals surface area contributed by atoms with E-state index in [2.05, 4.69) is 5.32 Å². The van der Waals surface area contributed by atoms with Crippen LogP contribution in [0, 0.1) is 0 Å². The van der Waals surface area contributed by atoms with Gasteiger partial charge in [0.2, 0.25) is 0 Å². The quantitative estimate of drug-likeness (QED) is 0.491. The summed E-state index contributed by atoms with van der Waals surface area (Å²) < 4.78 is 0. The van der Waals surface area contributed by atoms with Gasteiger partial charge >= 0.3 is 0 Å². The molecular weight excluding hydrogens is 415 g/mol. The molecule has 0 aliphatic rings. The van der Waals surface area contributed by atoms with Crippen LogP contribution >= 0.6 is 34.8 Å². The van der Waals surface area contributed by atoms with Crippen molar-refractivity contribution in [1.29, 1.82) is 0 Å². The van der Waals surface area contributed by atoms with Gasteiger partial charge in [-0.05, 0) is 66.1 Å². The number of carbonyl (C=O) groups is 1. The normalized spacial score (nSPS) is 13.0. The molecule has 0 aliphatic heterocycles. The molecule has 3 N–H and O–H groups in total. The molecule has 1 unspecified atom stereocenters. The highest BCUT2D eigenvalue weighted by Crippen LogP contribution is 2.25. The molecule has 6 heteroatoms. The number of rotatable bonds is 6. The van der Waals surface area contributed by atoms with Gasteiger partial charge in [-0.1, -0.05) is 59.1 Å². The summed E-state index contributed by atoms with van der Waals surface area (Å²) in [5.74, 6) is -0.395. The molecule has 3 nitrogen and oxygen atoms in total. The van der Waals surface area contributed by atoms with Crippen molar-refractivity contribution in [2.75, 3.05) is 0 Å². The van der Waals surface area contributed by atoms with Gasteiger partial charge in [0.25, 0.3) is 5.91 Å². The molecule has 28 heavy (non-hydrogen) atoms. The number of benzene rings is 3. The maximum absolute atomic E-state index is 12.6.